The number of fused-ring (bicyclic) bond motifs is 3. The average molecular weight is 591 g/mol. The van der Waals surface area contributed by atoms with Crippen LogP contribution in [0.15, 0.2) is 59.6 Å². The zero-order valence-corrected chi connectivity index (χ0v) is 25.3. The minimum atomic E-state index is -1.01. The van der Waals surface area contributed by atoms with Crippen LogP contribution in [0.1, 0.15) is 86.6 Å². The Morgan fingerprint density at radius 3 is 2.78 bits per heavy atom. The molecule has 0 bridgehead atoms. The number of thiol groups is 1. The number of hydrogen-bond acceptors (Lipinski definition) is 5. The molecule has 7 heteroatoms. The molecule has 2 atom stereocenters. The third-order valence-corrected chi connectivity index (χ3v) is 10.5. The molecule has 0 radical (unpaired) electrons. The molecule has 41 heavy (non-hydrogen) atoms. The molecular weight excluding hydrogens is 552 g/mol. The van der Waals surface area contributed by atoms with Crippen molar-refractivity contribution in [2.75, 3.05) is 11.9 Å². The molecule has 5 nitrogen and oxygen atoms in total. The van der Waals surface area contributed by atoms with Crippen LogP contribution in [0.4, 0.5) is 5.69 Å². The Morgan fingerprint density at radius 2 is 2.00 bits per heavy atom. The highest BCUT2D eigenvalue weighted by atomic mass is 35.5. The minimum Gasteiger partial charge on any atom is -0.493 e. The Hall–Kier alpha value is -2.70. The summed E-state index contributed by atoms with van der Waals surface area (Å²) in [7, 11) is 0. The Kier molecular flexibility index (Phi) is 7.99. The van der Waals surface area contributed by atoms with Crippen molar-refractivity contribution in [3.63, 3.8) is 0 Å². The lowest BCUT2D eigenvalue weighted by atomic mass is 9.60. The predicted molar refractivity (Wildman–Crippen MR) is 167 cm³/mol. The van der Waals surface area contributed by atoms with Crippen molar-refractivity contribution in [3.8, 4) is 5.75 Å². The lowest BCUT2D eigenvalue weighted by molar-refractivity contribution is -0.144. The monoisotopic (exact) mass is 590 g/mol. The Labute approximate surface area is 253 Å². The molecule has 0 saturated heterocycles. The minimum absolute atomic E-state index is 0.0482. The number of carboxylic acids is 1. The summed E-state index contributed by atoms with van der Waals surface area (Å²) < 4.78 is 6.40. The first-order valence-electron chi connectivity index (χ1n) is 15.0. The van der Waals surface area contributed by atoms with Gasteiger partial charge in [0.2, 0.25) is 0 Å². The normalized spacial score (nSPS) is 26.8. The number of aliphatic carboxylic acids is 1. The van der Waals surface area contributed by atoms with Crippen LogP contribution in [0.3, 0.4) is 0 Å². The summed E-state index contributed by atoms with van der Waals surface area (Å²) in [6.45, 7) is 2.96. The van der Waals surface area contributed by atoms with Crippen molar-refractivity contribution in [2.45, 2.75) is 92.9 Å². The molecule has 3 aliphatic carbocycles. The van der Waals surface area contributed by atoms with Gasteiger partial charge < -0.3 is 15.2 Å². The Balaban J connectivity index is 1.18. The van der Waals surface area contributed by atoms with E-state index in [2.05, 4.69) is 48.1 Å². The van der Waals surface area contributed by atoms with Crippen LogP contribution in [0.2, 0.25) is 5.02 Å². The van der Waals surface area contributed by atoms with Crippen LogP contribution in [0, 0.1) is 5.92 Å². The summed E-state index contributed by atoms with van der Waals surface area (Å²) in [5, 5.41) is 14.4. The van der Waals surface area contributed by atoms with Crippen LogP contribution in [-0.4, -0.2) is 28.2 Å². The SMILES string of the molecule is C[C@@H]1CCCc2nccc(OCCCC3Cc4ccc(S)cc4C34CCC(Nc3cccc(Cl)c3)(C(=O)O)CC4)c21. The standard InChI is InChI=1S/C34H39ClN2O3S/c1-22-5-2-9-29-31(22)30(12-17-36-29)40-18-4-6-24-19-23-10-11-27(41)21-28(23)33(24)13-15-34(16-14-33,32(38)39)37-26-8-3-7-25(35)20-26/h3,7-8,10-12,17,20-22,24,37,41H,2,4-6,9,13-16,18-19H2,1H3,(H,38,39)/t22-,24?,33?,34?/m1/s1. The van der Waals surface area contributed by atoms with Crippen LogP contribution in [0.5, 0.6) is 5.75 Å². The number of aryl methyl sites for hydroxylation is 1. The van der Waals surface area contributed by atoms with Crippen molar-refractivity contribution in [1.82, 2.24) is 4.98 Å². The predicted octanol–water partition coefficient (Wildman–Crippen LogP) is 8.24. The average Bonchev–Trinajstić information content (AvgIpc) is 3.24. The number of nitrogens with zero attached hydrogens (tertiary/aromatic N) is 1. The molecule has 1 spiro atoms. The van der Waals surface area contributed by atoms with Gasteiger partial charge in [0, 0.05) is 33.1 Å². The number of hydrogen-bond donors (Lipinski definition) is 3. The fourth-order valence-corrected chi connectivity index (χ4v) is 8.28. The van der Waals surface area contributed by atoms with Crippen LogP contribution >= 0.6 is 24.2 Å². The van der Waals surface area contributed by atoms with E-state index in [1.165, 1.54) is 35.2 Å². The largest absolute Gasteiger partial charge is 0.493 e. The van der Waals surface area contributed by atoms with Crippen molar-refractivity contribution in [1.29, 1.82) is 0 Å². The second kappa shape index (κ2) is 11.5. The van der Waals surface area contributed by atoms with Gasteiger partial charge in [0.25, 0.3) is 0 Å². The smallest absolute Gasteiger partial charge is 0.329 e. The lowest BCUT2D eigenvalue weighted by Crippen LogP contribution is -2.53. The number of benzene rings is 2. The Bertz CT molecular complexity index is 1440. The highest BCUT2D eigenvalue weighted by molar-refractivity contribution is 7.80. The summed E-state index contributed by atoms with van der Waals surface area (Å²) >= 11 is 10.9. The summed E-state index contributed by atoms with van der Waals surface area (Å²) in [6, 6.07) is 15.9. The topological polar surface area (TPSA) is 71.5 Å². The molecule has 3 aliphatic rings. The number of aromatic nitrogens is 1. The zero-order valence-electron chi connectivity index (χ0n) is 23.7. The number of rotatable bonds is 8. The van der Waals surface area contributed by atoms with E-state index in [0.29, 0.717) is 36.3 Å². The van der Waals surface area contributed by atoms with Gasteiger partial charge >= 0.3 is 5.97 Å². The summed E-state index contributed by atoms with van der Waals surface area (Å²) in [5.74, 6) is 1.14. The number of carbonyl (C=O) groups is 1. The number of pyridine rings is 1. The van der Waals surface area contributed by atoms with E-state index >= 15 is 0 Å². The summed E-state index contributed by atoms with van der Waals surface area (Å²) in [6.07, 6.45) is 11.1. The van der Waals surface area contributed by atoms with Crippen molar-refractivity contribution >= 4 is 35.9 Å². The van der Waals surface area contributed by atoms with Crippen molar-refractivity contribution in [2.24, 2.45) is 5.92 Å². The maximum absolute atomic E-state index is 12.7. The van der Waals surface area contributed by atoms with Crippen molar-refractivity contribution < 1.29 is 14.6 Å². The molecule has 1 aromatic heterocycles. The molecule has 3 aromatic rings. The Morgan fingerprint density at radius 1 is 1.17 bits per heavy atom. The van der Waals surface area contributed by atoms with Gasteiger partial charge in [0.05, 0.1) is 6.61 Å². The van der Waals surface area contributed by atoms with E-state index in [4.69, 9.17) is 16.3 Å². The van der Waals surface area contributed by atoms with Gasteiger partial charge in [-0.3, -0.25) is 4.98 Å². The van der Waals surface area contributed by atoms with E-state index in [9.17, 15) is 9.90 Å². The maximum Gasteiger partial charge on any atom is 0.329 e. The molecule has 1 saturated carbocycles. The molecule has 0 amide bonds. The van der Waals surface area contributed by atoms with Crippen molar-refractivity contribution in [3.05, 3.63) is 82.1 Å². The summed E-state index contributed by atoms with van der Waals surface area (Å²) in [4.78, 5) is 18.3. The maximum atomic E-state index is 12.7. The van der Waals surface area contributed by atoms with Crippen LogP contribution in [-0.2, 0) is 23.1 Å². The van der Waals surface area contributed by atoms with Gasteiger partial charge in [-0.15, -0.1) is 12.6 Å². The van der Waals surface area contributed by atoms with E-state index in [1.54, 1.807) is 12.1 Å². The number of anilines is 1. The molecule has 2 aromatic carbocycles. The van der Waals surface area contributed by atoms with E-state index in [1.807, 2.05) is 24.4 Å². The van der Waals surface area contributed by atoms with Crippen LogP contribution in [0.25, 0.3) is 0 Å². The van der Waals surface area contributed by atoms with Gasteiger partial charge in [-0.1, -0.05) is 30.7 Å². The molecule has 2 N–H and O–H groups in total. The molecule has 0 aliphatic heterocycles. The first-order chi connectivity index (χ1) is 19.8. The van der Waals surface area contributed by atoms with Gasteiger partial charge in [-0.2, -0.15) is 0 Å². The number of carboxylic acid groups (broad SMARTS) is 1. The van der Waals surface area contributed by atoms with Gasteiger partial charge in [-0.25, -0.2) is 4.79 Å². The number of nitrogens with one attached hydrogen (secondary N) is 1. The first-order valence-corrected chi connectivity index (χ1v) is 15.8. The van der Waals surface area contributed by atoms with E-state index < -0.39 is 11.5 Å². The molecular formula is C34H39ClN2O3S. The fourth-order valence-electron chi connectivity index (χ4n) is 7.88. The lowest BCUT2D eigenvalue weighted by Gasteiger charge is -2.47. The second-order valence-electron chi connectivity index (χ2n) is 12.4. The highest BCUT2D eigenvalue weighted by Gasteiger charge is 2.53. The first kappa shape index (κ1) is 28.4. The van der Waals surface area contributed by atoms with Crippen LogP contribution < -0.4 is 10.1 Å². The van der Waals surface area contributed by atoms with Gasteiger partial charge in [-0.05, 0) is 129 Å². The zero-order chi connectivity index (χ0) is 28.6. The molecule has 216 valence electrons. The second-order valence-corrected chi connectivity index (χ2v) is 13.3. The molecule has 6 rings (SSSR count). The number of halogens is 1. The third kappa shape index (κ3) is 5.46. The fraction of sp³-hybridized carbons (Fsp3) is 0.471. The molecule has 1 fully saturated rings. The highest BCUT2D eigenvalue weighted by Crippen LogP contribution is 2.56. The third-order valence-electron chi connectivity index (χ3n) is 10.0. The quantitative estimate of drug-likeness (QED) is 0.182. The number of ether oxygens (including phenoxy) is 1. The molecule has 1 unspecified atom stereocenters. The van der Waals surface area contributed by atoms with E-state index in [-0.39, 0.29) is 5.41 Å². The van der Waals surface area contributed by atoms with E-state index in [0.717, 1.165) is 54.9 Å². The molecule has 1 heterocycles. The summed E-state index contributed by atoms with van der Waals surface area (Å²) in [5.41, 5.74) is 4.95. The van der Waals surface area contributed by atoms with Gasteiger partial charge in [0.15, 0.2) is 0 Å². The van der Waals surface area contributed by atoms with Gasteiger partial charge in [0.1, 0.15) is 11.3 Å².